The first kappa shape index (κ1) is 25.6. The average molecular weight is 531 g/mol. The van der Waals surface area contributed by atoms with E-state index in [-0.39, 0.29) is 23.3 Å². The van der Waals surface area contributed by atoms with Gasteiger partial charge in [0.05, 0.1) is 45.9 Å². The molecular formula is C31H32F2N4O2. The Kier molecular flexibility index (Phi) is 6.27. The van der Waals surface area contributed by atoms with Gasteiger partial charge in [-0.15, -0.1) is 0 Å². The number of hydrogen-bond acceptors (Lipinski definition) is 4. The van der Waals surface area contributed by atoms with Crippen LogP contribution < -0.4 is 0 Å². The Morgan fingerprint density at radius 3 is 2.38 bits per heavy atom. The highest BCUT2D eigenvalue weighted by Crippen LogP contribution is 2.42. The van der Waals surface area contributed by atoms with Crippen molar-refractivity contribution >= 4 is 21.9 Å². The van der Waals surface area contributed by atoms with Crippen molar-refractivity contribution in [2.24, 2.45) is 13.0 Å². The topological polar surface area (TPSA) is 65.1 Å². The molecule has 1 atom stereocenters. The van der Waals surface area contributed by atoms with Gasteiger partial charge in [0.1, 0.15) is 11.6 Å². The van der Waals surface area contributed by atoms with Crippen molar-refractivity contribution < 1.29 is 18.6 Å². The minimum absolute atomic E-state index is 0.181. The Balaban J connectivity index is 1.71. The monoisotopic (exact) mass is 530 g/mol. The van der Waals surface area contributed by atoms with Crippen LogP contribution in [0.25, 0.3) is 33.2 Å². The van der Waals surface area contributed by atoms with E-state index in [4.69, 9.17) is 9.72 Å². The minimum Gasteiger partial charge on any atom is -0.386 e. The summed E-state index contributed by atoms with van der Waals surface area (Å²) < 4.78 is 39.3. The molecule has 1 fully saturated rings. The number of benzene rings is 2. The van der Waals surface area contributed by atoms with Crippen LogP contribution in [0.3, 0.4) is 0 Å². The number of aliphatic hydroxyl groups is 1. The Morgan fingerprint density at radius 2 is 1.74 bits per heavy atom. The summed E-state index contributed by atoms with van der Waals surface area (Å²) in [5.74, 6) is -0.582. The summed E-state index contributed by atoms with van der Waals surface area (Å²) in [6.45, 7) is 6.41. The van der Waals surface area contributed by atoms with E-state index in [1.807, 2.05) is 30.7 Å². The highest BCUT2D eigenvalue weighted by atomic mass is 19.1. The second-order valence-corrected chi connectivity index (χ2v) is 11.1. The fraction of sp³-hybridized carbons (Fsp3) is 0.355. The van der Waals surface area contributed by atoms with Crippen molar-refractivity contribution in [1.82, 2.24) is 19.1 Å². The molecule has 0 radical (unpaired) electrons. The van der Waals surface area contributed by atoms with E-state index in [1.165, 1.54) is 18.2 Å². The summed E-state index contributed by atoms with van der Waals surface area (Å²) in [6, 6.07) is 11.8. The second kappa shape index (κ2) is 9.54. The Bertz CT molecular complexity index is 1660. The minimum atomic E-state index is -1.38. The van der Waals surface area contributed by atoms with Crippen molar-refractivity contribution in [3.05, 3.63) is 83.4 Å². The van der Waals surface area contributed by atoms with Crippen LogP contribution in [0.4, 0.5) is 8.78 Å². The van der Waals surface area contributed by atoms with Gasteiger partial charge in [-0.05, 0) is 75.4 Å². The molecule has 3 aromatic heterocycles. The SMILES string of the molecule is Cc1ncn(C)c1-c1cnc2c3cc(F)c(C(C)(C)O)cc3n(C(c3ccc(F)cc3)C3CCOCC3)c2c1. The summed E-state index contributed by atoms with van der Waals surface area (Å²) >= 11 is 0. The maximum Gasteiger partial charge on any atom is 0.130 e. The maximum atomic E-state index is 15.4. The van der Waals surface area contributed by atoms with Crippen LogP contribution in [0.15, 0.2) is 55.0 Å². The number of aromatic nitrogens is 4. The van der Waals surface area contributed by atoms with Gasteiger partial charge in [-0.2, -0.15) is 0 Å². The van der Waals surface area contributed by atoms with E-state index in [9.17, 15) is 9.50 Å². The number of halogens is 2. The molecule has 4 heterocycles. The van der Waals surface area contributed by atoms with Gasteiger partial charge in [0, 0.05) is 43.0 Å². The van der Waals surface area contributed by atoms with Crippen molar-refractivity contribution in [3.8, 4) is 11.3 Å². The van der Waals surface area contributed by atoms with Gasteiger partial charge >= 0.3 is 0 Å². The average Bonchev–Trinajstić information content (AvgIpc) is 3.40. The lowest BCUT2D eigenvalue weighted by Crippen LogP contribution is -2.27. The fourth-order valence-corrected chi connectivity index (χ4v) is 6.11. The van der Waals surface area contributed by atoms with Gasteiger partial charge < -0.3 is 19.0 Å². The smallest absolute Gasteiger partial charge is 0.130 e. The van der Waals surface area contributed by atoms with Crippen molar-refractivity contribution in [2.45, 2.75) is 45.3 Å². The Labute approximate surface area is 225 Å². The van der Waals surface area contributed by atoms with E-state index in [0.717, 1.165) is 46.4 Å². The van der Waals surface area contributed by atoms with Crippen LogP contribution >= 0.6 is 0 Å². The third-order valence-corrected chi connectivity index (χ3v) is 7.98. The van der Waals surface area contributed by atoms with Gasteiger partial charge in [0.25, 0.3) is 0 Å². The van der Waals surface area contributed by atoms with Gasteiger partial charge in [0.15, 0.2) is 0 Å². The molecule has 0 aliphatic carbocycles. The number of ether oxygens (including phenoxy) is 1. The first-order valence-electron chi connectivity index (χ1n) is 13.3. The first-order valence-corrected chi connectivity index (χ1v) is 13.3. The summed E-state index contributed by atoms with van der Waals surface area (Å²) in [5, 5.41) is 11.5. The van der Waals surface area contributed by atoms with Gasteiger partial charge in [0.2, 0.25) is 0 Å². The van der Waals surface area contributed by atoms with Gasteiger partial charge in [-0.3, -0.25) is 4.98 Å². The van der Waals surface area contributed by atoms with Crippen LogP contribution in [0.2, 0.25) is 0 Å². The first-order chi connectivity index (χ1) is 18.6. The molecule has 2 aromatic carbocycles. The zero-order chi connectivity index (χ0) is 27.5. The fourth-order valence-electron chi connectivity index (χ4n) is 6.11. The van der Waals surface area contributed by atoms with Crippen LogP contribution in [-0.2, 0) is 17.4 Å². The number of aryl methyl sites for hydroxylation is 2. The number of hydrogen-bond donors (Lipinski definition) is 1. The molecular weight excluding hydrogens is 498 g/mol. The quantitative estimate of drug-likeness (QED) is 0.285. The molecule has 1 saturated heterocycles. The van der Waals surface area contributed by atoms with E-state index in [0.29, 0.717) is 24.1 Å². The maximum absolute atomic E-state index is 15.4. The van der Waals surface area contributed by atoms with Crippen molar-refractivity contribution in [1.29, 1.82) is 0 Å². The zero-order valence-electron chi connectivity index (χ0n) is 22.6. The number of fused-ring (bicyclic) bond motifs is 3. The molecule has 0 saturated carbocycles. The molecule has 202 valence electrons. The van der Waals surface area contributed by atoms with Crippen LogP contribution in [0, 0.1) is 24.5 Å². The predicted molar refractivity (Wildman–Crippen MR) is 147 cm³/mol. The molecule has 5 aromatic rings. The molecule has 8 heteroatoms. The van der Waals surface area contributed by atoms with E-state index in [2.05, 4.69) is 15.6 Å². The van der Waals surface area contributed by atoms with E-state index >= 15 is 4.39 Å². The predicted octanol–water partition coefficient (Wildman–Crippen LogP) is 6.42. The second-order valence-electron chi connectivity index (χ2n) is 11.1. The van der Waals surface area contributed by atoms with E-state index < -0.39 is 11.4 Å². The molecule has 39 heavy (non-hydrogen) atoms. The third-order valence-electron chi connectivity index (χ3n) is 7.98. The lowest BCUT2D eigenvalue weighted by molar-refractivity contribution is 0.0552. The van der Waals surface area contributed by atoms with Gasteiger partial charge in [-0.1, -0.05) is 12.1 Å². The standard InChI is InChI=1S/C31H32F2N4O2/c1-18-29(36(4)17-35-18)21-13-27-28(34-16-21)23-14-25(33)24(31(2,3)38)15-26(23)37(27)30(20-9-11-39-12-10-20)19-5-7-22(32)8-6-19/h5-8,13-17,20,30,38H,9-12H2,1-4H3. The molecule has 6 nitrogen and oxygen atoms in total. The third kappa shape index (κ3) is 4.41. The number of imidazole rings is 1. The summed E-state index contributed by atoms with van der Waals surface area (Å²) in [7, 11) is 1.95. The Hall–Kier alpha value is -3.62. The lowest BCUT2D eigenvalue weighted by Gasteiger charge is -2.33. The number of rotatable bonds is 5. The molecule has 1 unspecified atom stereocenters. The highest BCUT2D eigenvalue weighted by molar-refractivity contribution is 6.07. The molecule has 0 spiro atoms. The van der Waals surface area contributed by atoms with Crippen LogP contribution in [0.5, 0.6) is 0 Å². The number of nitrogens with zero attached hydrogens (tertiary/aromatic N) is 4. The molecule has 0 bridgehead atoms. The van der Waals surface area contributed by atoms with E-state index in [1.54, 1.807) is 32.4 Å². The molecule has 1 aliphatic rings. The normalized spacial score (nSPS) is 15.9. The van der Waals surface area contributed by atoms with Crippen molar-refractivity contribution in [2.75, 3.05) is 13.2 Å². The largest absolute Gasteiger partial charge is 0.386 e. The Morgan fingerprint density at radius 1 is 1.03 bits per heavy atom. The molecule has 1 N–H and O–H groups in total. The van der Waals surface area contributed by atoms with Crippen LogP contribution in [-0.4, -0.2) is 37.4 Å². The van der Waals surface area contributed by atoms with Crippen molar-refractivity contribution in [3.63, 3.8) is 0 Å². The highest BCUT2D eigenvalue weighted by Gasteiger charge is 2.32. The zero-order valence-corrected chi connectivity index (χ0v) is 22.6. The molecule has 1 aliphatic heterocycles. The summed E-state index contributed by atoms with van der Waals surface area (Å²) in [6.07, 6.45) is 5.24. The summed E-state index contributed by atoms with van der Waals surface area (Å²) in [5.41, 5.74) is 4.82. The summed E-state index contributed by atoms with van der Waals surface area (Å²) in [4.78, 5) is 9.31. The molecule has 6 rings (SSSR count). The van der Waals surface area contributed by atoms with Crippen LogP contribution in [0.1, 0.15) is 49.6 Å². The number of pyridine rings is 1. The lowest BCUT2D eigenvalue weighted by atomic mass is 9.86. The molecule has 0 amide bonds. The van der Waals surface area contributed by atoms with Gasteiger partial charge in [-0.25, -0.2) is 13.8 Å².